The molecule has 3 aromatic rings. The zero-order chi connectivity index (χ0) is 25.2. The molecule has 1 fully saturated rings. The lowest BCUT2D eigenvalue weighted by molar-refractivity contribution is 0.109. The Hall–Kier alpha value is -3.85. The smallest absolute Gasteiger partial charge is 0.318 e. The molecule has 6 heteroatoms. The third-order valence-electron chi connectivity index (χ3n) is 7.06. The monoisotopic (exact) mass is 468 g/mol. The predicted molar refractivity (Wildman–Crippen MR) is 138 cm³/mol. The minimum Gasteiger partial charge on any atom is -0.328 e. The topological polar surface area (TPSA) is 78.1 Å². The third kappa shape index (κ3) is 5.00. The maximum Gasteiger partial charge on any atom is 0.318 e. The van der Waals surface area contributed by atoms with Gasteiger partial charge >= 0.3 is 6.03 Å². The number of hydrogen-bond donors (Lipinski definition) is 1. The number of carbonyl (C=O) groups excluding carboxylic acids is 1. The molecule has 1 unspecified atom stereocenters. The molecular weight excluding hydrogens is 436 g/mol. The zero-order valence-corrected chi connectivity index (χ0v) is 20.8. The summed E-state index contributed by atoms with van der Waals surface area (Å²) in [7, 11) is 1.73. The molecule has 2 aromatic carbocycles. The van der Waals surface area contributed by atoms with Gasteiger partial charge in [0.2, 0.25) is 0 Å². The molecule has 0 aliphatic carbocycles. The van der Waals surface area contributed by atoms with Crippen LogP contribution in [0, 0.1) is 16.7 Å². The first-order chi connectivity index (χ1) is 16.6. The van der Waals surface area contributed by atoms with Crippen molar-refractivity contribution in [3.8, 4) is 17.2 Å². The molecule has 0 saturated carbocycles. The van der Waals surface area contributed by atoms with E-state index < -0.39 is 11.0 Å². The van der Waals surface area contributed by atoms with Crippen molar-refractivity contribution in [3.05, 3.63) is 94.4 Å². The Morgan fingerprint density at radius 2 is 1.74 bits per heavy atom. The Balaban J connectivity index is 1.55. The highest BCUT2D eigenvalue weighted by atomic mass is 16.2. The van der Waals surface area contributed by atoms with E-state index in [-0.39, 0.29) is 17.6 Å². The van der Waals surface area contributed by atoms with Crippen LogP contribution in [-0.2, 0) is 12.6 Å². The highest BCUT2D eigenvalue weighted by molar-refractivity contribution is 5.77. The van der Waals surface area contributed by atoms with Crippen LogP contribution in [0.15, 0.2) is 77.7 Å². The molecule has 1 saturated heterocycles. The molecule has 1 N–H and O–H groups in total. The second-order valence-corrected chi connectivity index (χ2v) is 10.2. The molecule has 2 heterocycles. The second-order valence-electron chi connectivity index (χ2n) is 10.2. The molecule has 1 aliphatic heterocycles. The predicted octanol–water partition coefficient (Wildman–Crippen LogP) is 5.36. The number of hydrogen-bond acceptors (Lipinski definition) is 3. The molecule has 6 nitrogen and oxygen atoms in total. The molecule has 0 radical (unpaired) electrons. The second kappa shape index (κ2) is 9.42. The summed E-state index contributed by atoms with van der Waals surface area (Å²) < 4.78 is 1.54. The highest BCUT2D eigenvalue weighted by Gasteiger charge is 2.44. The van der Waals surface area contributed by atoms with Gasteiger partial charge in [-0.15, -0.1) is 0 Å². The first-order valence-electron chi connectivity index (χ1n) is 12.0. The number of carbonyl (C=O) groups is 1. The van der Waals surface area contributed by atoms with E-state index in [0.29, 0.717) is 19.4 Å². The van der Waals surface area contributed by atoms with Crippen LogP contribution < -0.4 is 10.9 Å². The van der Waals surface area contributed by atoms with Gasteiger partial charge in [0.05, 0.1) is 23.1 Å². The highest BCUT2D eigenvalue weighted by Crippen LogP contribution is 2.40. The number of nitrogens with one attached hydrogen (secondary N) is 1. The lowest BCUT2D eigenvalue weighted by atomic mass is 9.73. The Labute approximate surface area is 206 Å². The van der Waals surface area contributed by atoms with E-state index in [9.17, 15) is 14.9 Å². The number of aryl methyl sites for hydroxylation is 1. The van der Waals surface area contributed by atoms with Crippen LogP contribution in [0.1, 0.15) is 50.8 Å². The lowest BCUT2D eigenvalue weighted by Crippen LogP contribution is -2.59. The Morgan fingerprint density at radius 3 is 2.34 bits per heavy atom. The standard InChI is InChI=1S/C29H32N4O2/c1-21(22-10-12-23(13-11-22)24-14-16-32(4)26(34)18-24)33-17-15-29(31-27(33)35,19-28(2,3)20-30)25-8-6-5-7-9-25/h5-14,16,18,21H,15,17,19H2,1-4H3,(H,31,35)/t21-,29?/m0/s1. The fraction of sp³-hybridized carbons (Fsp3) is 0.345. The summed E-state index contributed by atoms with van der Waals surface area (Å²) in [6, 6.07) is 23.7. The van der Waals surface area contributed by atoms with Crippen LogP contribution in [0.2, 0.25) is 0 Å². The van der Waals surface area contributed by atoms with E-state index in [1.165, 1.54) is 0 Å². The molecule has 2 atom stereocenters. The van der Waals surface area contributed by atoms with Gasteiger partial charge < -0.3 is 14.8 Å². The summed E-state index contributed by atoms with van der Waals surface area (Å²) in [6.45, 7) is 6.45. The van der Waals surface area contributed by atoms with Crippen LogP contribution in [0.3, 0.4) is 0 Å². The summed E-state index contributed by atoms with van der Waals surface area (Å²) in [5.74, 6) is 0. The number of nitrogens with zero attached hydrogens (tertiary/aromatic N) is 3. The van der Waals surface area contributed by atoms with E-state index in [2.05, 4.69) is 11.4 Å². The normalized spacial score (nSPS) is 19.1. The number of rotatable bonds is 6. The first-order valence-corrected chi connectivity index (χ1v) is 12.0. The van der Waals surface area contributed by atoms with Crippen LogP contribution in [0.25, 0.3) is 11.1 Å². The number of amides is 2. The number of aromatic nitrogens is 1. The Bertz CT molecular complexity index is 1310. The van der Waals surface area contributed by atoms with E-state index in [4.69, 9.17) is 0 Å². The zero-order valence-electron chi connectivity index (χ0n) is 20.8. The Morgan fingerprint density at radius 1 is 1.06 bits per heavy atom. The summed E-state index contributed by atoms with van der Waals surface area (Å²) in [6.07, 6.45) is 3.02. The molecule has 0 spiro atoms. The van der Waals surface area contributed by atoms with Gasteiger partial charge in [-0.05, 0) is 61.9 Å². The number of urea groups is 1. The first kappa shape index (κ1) is 24.3. The molecular formula is C29H32N4O2. The van der Waals surface area contributed by atoms with Crippen molar-refractivity contribution in [3.63, 3.8) is 0 Å². The van der Waals surface area contributed by atoms with Crippen LogP contribution in [-0.4, -0.2) is 22.0 Å². The number of benzene rings is 2. The van der Waals surface area contributed by atoms with Crippen molar-refractivity contribution in [2.45, 2.75) is 45.2 Å². The van der Waals surface area contributed by atoms with Crippen molar-refractivity contribution in [1.29, 1.82) is 5.26 Å². The fourth-order valence-corrected chi connectivity index (χ4v) is 4.99. The third-order valence-corrected chi connectivity index (χ3v) is 7.06. The van der Waals surface area contributed by atoms with Crippen molar-refractivity contribution >= 4 is 6.03 Å². The maximum absolute atomic E-state index is 13.4. The van der Waals surface area contributed by atoms with Gasteiger partial charge in [-0.1, -0.05) is 54.6 Å². The largest absolute Gasteiger partial charge is 0.328 e. The fourth-order valence-electron chi connectivity index (χ4n) is 4.99. The molecule has 1 aromatic heterocycles. The van der Waals surface area contributed by atoms with E-state index in [1.807, 2.05) is 86.3 Å². The number of nitriles is 1. The minimum atomic E-state index is -0.586. The van der Waals surface area contributed by atoms with Crippen LogP contribution in [0.4, 0.5) is 4.79 Å². The van der Waals surface area contributed by atoms with Gasteiger partial charge in [-0.25, -0.2) is 4.79 Å². The van der Waals surface area contributed by atoms with Gasteiger partial charge in [-0.2, -0.15) is 5.26 Å². The lowest BCUT2D eigenvalue weighted by Gasteiger charge is -2.46. The van der Waals surface area contributed by atoms with Gasteiger partial charge in [0, 0.05) is 25.9 Å². The van der Waals surface area contributed by atoms with Gasteiger partial charge in [0.15, 0.2) is 0 Å². The van der Waals surface area contributed by atoms with E-state index in [0.717, 1.165) is 22.3 Å². The van der Waals surface area contributed by atoms with Crippen molar-refractivity contribution in [2.75, 3.05) is 6.54 Å². The van der Waals surface area contributed by atoms with Gasteiger partial charge in [0.25, 0.3) is 5.56 Å². The average Bonchev–Trinajstić information content (AvgIpc) is 2.86. The molecule has 4 rings (SSSR count). The molecule has 0 bridgehead atoms. The molecule has 1 aliphatic rings. The molecule has 2 amide bonds. The van der Waals surface area contributed by atoms with Gasteiger partial charge in [-0.3, -0.25) is 4.79 Å². The average molecular weight is 469 g/mol. The SMILES string of the molecule is C[C@@H](c1ccc(-c2ccn(C)c(=O)c2)cc1)N1CCC(CC(C)(C)C#N)(c2ccccc2)NC1=O. The molecule has 180 valence electrons. The summed E-state index contributed by atoms with van der Waals surface area (Å²) in [5, 5.41) is 13.0. The van der Waals surface area contributed by atoms with Crippen LogP contribution >= 0.6 is 0 Å². The molecule has 35 heavy (non-hydrogen) atoms. The van der Waals surface area contributed by atoms with Crippen molar-refractivity contribution < 1.29 is 4.79 Å². The van der Waals surface area contributed by atoms with Crippen molar-refractivity contribution in [2.24, 2.45) is 12.5 Å². The van der Waals surface area contributed by atoms with E-state index >= 15 is 0 Å². The number of pyridine rings is 1. The van der Waals surface area contributed by atoms with E-state index in [1.54, 1.807) is 23.9 Å². The van der Waals surface area contributed by atoms with Crippen molar-refractivity contribution in [1.82, 2.24) is 14.8 Å². The van der Waals surface area contributed by atoms with Gasteiger partial charge in [0.1, 0.15) is 0 Å². The maximum atomic E-state index is 13.4. The summed E-state index contributed by atoms with van der Waals surface area (Å²) in [5.41, 5.74) is 2.67. The quantitative estimate of drug-likeness (QED) is 0.529. The van der Waals surface area contributed by atoms with Crippen LogP contribution in [0.5, 0.6) is 0 Å². The summed E-state index contributed by atoms with van der Waals surface area (Å²) >= 11 is 0. The summed E-state index contributed by atoms with van der Waals surface area (Å²) in [4.78, 5) is 27.3. The minimum absolute atomic E-state index is 0.0496. The Kier molecular flexibility index (Phi) is 6.53.